The van der Waals surface area contributed by atoms with Crippen molar-refractivity contribution in [2.75, 3.05) is 7.11 Å². The van der Waals surface area contributed by atoms with Gasteiger partial charge >= 0.3 is 5.97 Å². The third kappa shape index (κ3) is 3.23. The van der Waals surface area contributed by atoms with Gasteiger partial charge in [0, 0.05) is 16.6 Å². The predicted octanol–water partition coefficient (Wildman–Crippen LogP) is 4.22. The predicted molar refractivity (Wildman–Crippen MR) is 103 cm³/mol. The molecule has 2 aromatic heterocycles. The number of para-hydroxylation sites is 1. The summed E-state index contributed by atoms with van der Waals surface area (Å²) in [5.41, 5.74) is 3.88. The minimum atomic E-state index is -0.444. The second-order valence-corrected chi connectivity index (χ2v) is 6.61. The van der Waals surface area contributed by atoms with Crippen LogP contribution in [0, 0.1) is 13.8 Å². The molecular weight excluding hydrogens is 344 g/mol. The Balaban J connectivity index is 1.89. The van der Waals surface area contributed by atoms with Crippen molar-refractivity contribution in [3.8, 4) is 0 Å². The van der Waals surface area contributed by atoms with E-state index in [4.69, 9.17) is 9.15 Å². The Labute approximate surface area is 157 Å². The normalized spacial score (nSPS) is 12.2. The zero-order chi connectivity index (χ0) is 19.7. The molecule has 0 spiro atoms. The molecule has 0 aliphatic heterocycles. The lowest BCUT2D eigenvalue weighted by Crippen LogP contribution is -2.27. The second-order valence-electron chi connectivity index (χ2n) is 6.61. The highest BCUT2D eigenvalue weighted by Crippen LogP contribution is 2.29. The summed E-state index contributed by atoms with van der Waals surface area (Å²) in [7, 11) is 1.33. The van der Waals surface area contributed by atoms with Gasteiger partial charge in [0.1, 0.15) is 17.0 Å². The fraction of sp³-hybridized carbons (Fsp3) is 0.333. The molecule has 1 aromatic carbocycles. The Morgan fingerprint density at radius 2 is 1.93 bits per heavy atom. The van der Waals surface area contributed by atoms with Crippen LogP contribution in [0.15, 0.2) is 28.7 Å². The van der Waals surface area contributed by atoms with Crippen molar-refractivity contribution in [3.63, 3.8) is 0 Å². The molecule has 1 unspecified atom stereocenters. The number of esters is 1. The van der Waals surface area contributed by atoms with E-state index in [1.165, 1.54) is 7.11 Å². The van der Waals surface area contributed by atoms with Gasteiger partial charge in [0.15, 0.2) is 0 Å². The van der Waals surface area contributed by atoms with Gasteiger partial charge in [-0.1, -0.05) is 25.1 Å². The van der Waals surface area contributed by atoms with Gasteiger partial charge in [-0.25, -0.2) is 4.79 Å². The number of H-pyrrole nitrogens is 1. The van der Waals surface area contributed by atoms with Crippen LogP contribution in [0.5, 0.6) is 0 Å². The average Bonchev–Trinajstić information content (AvgIpc) is 3.18. The lowest BCUT2D eigenvalue weighted by Gasteiger charge is -2.12. The maximum atomic E-state index is 12.8. The zero-order valence-electron chi connectivity index (χ0n) is 16.2. The molecule has 6 heteroatoms. The molecule has 0 radical (unpaired) electrons. The molecule has 0 saturated heterocycles. The SMILES string of the molecule is CCc1[nH]c(C(=O)NC(C)c2oc3ccccc3c2C)c(C)c1C(=O)OC. The summed E-state index contributed by atoms with van der Waals surface area (Å²) in [5.74, 6) is -0.0109. The number of fused-ring (bicyclic) bond motifs is 1. The van der Waals surface area contributed by atoms with E-state index in [0.717, 1.165) is 22.3 Å². The molecule has 1 atom stereocenters. The third-order valence-corrected chi connectivity index (χ3v) is 4.92. The van der Waals surface area contributed by atoms with E-state index >= 15 is 0 Å². The highest BCUT2D eigenvalue weighted by Gasteiger charge is 2.25. The number of hydrogen-bond donors (Lipinski definition) is 2. The first-order valence-electron chi connectivity index (χ1n) is 8.97. The van der Waals surface area contributed by atoms with E-state index in [2.05, 4.69) is 10.3 Å². The number of furan rings is 1. The van der Waals surface area contributed by atoms with Crippen molar-refractivity contribution < 1.29 is 18.7 Å². The Bertz CT molecular complexity index is 1010. The quantitative estimate of drug-likeness (QED) is 0.661. The fourth-order valence-electron chi connectivity index (χ4n) is 3.47. The van der Waals surface area contributed by atoms with E-state index in [0.29, 0.717) is 28.9 Å². The van der Waals surface area contributed by atoms with Crippen LogP contribution in [0.3, 0.4) is 0 Å². The van der Waals surface area contributed by atoms with Crippen LogP contribution in [0.4, 0.5) is 0 Å². The lowest BCUT2D eigenvalue weighted by atomic mass is 10.1. The van der Waals surface area contributed by atoms with Crippen LogP contribution in [-0.2, 0) is 11.2 Å². The second kappa shape index (κ2) is 7.31. The van der Waals surface area contributed by atoms with Crippen LogP contribution < -0.4 is 5.32 Å². The smallest absolute Gasteiger partial charge is 0.339 e. The third-order valence-electron chi connectivity index (χ3n) is 4.92. The monoisotopic (exact) mass is 368 g/mol. The molecule has 2 heterocycles. The number of ether oxygens (including phenoxy) is 1. The number of hydrogen-bond acceptors (Lipinski definition) is 4. The topological polar surface area (TPSA) is 84.3 Å². The molecule has 3 aromatic rings. The van der Waals surface area contributed by atoms with Gasteiger partial charge in [-0.2, -0.15) is 0 Å². The summed E-state index contributed by atoms with van der Waals surface area (Å²) in [6.45, 7) is 7.52. The number of benzene rings is 1. The van der Waals surface area contributed by atoms with Gasteiger partial charge in [-0.15, -0.1) is 0 Å². The average molecular weight is 368 g/mol. The molecule has 27 heavy (non-hydrogen) atoms. The van der Waals surface area contributed by atoms with Gasteiger partial charge in [-0.3, -0.25) is 4.79 Å². The maximum absolute atomic E-state index is 12.8. The van der Waals surface area contributed by atoms with Crippen molar-refractivity contribution >= 4 is 22.8 Å². The minimum Gasteiger partial charge on any atom is -0.465 e. The number of carbonyl (C=O) groups excluding carboxylic acids is 2. The molecule has 0 aliphatic carbocycles. The van der Waals surface area contributed by atoms with Gasteiger partial charge in [0.05, 0.1) is 18.7 Å². The van der Waals surface area contributed by atoms with Gasteiger partial charge < -0.3 is 19.5 Å². The number of amides is 1. The van der Waals surface area contributed by atoms with E-state index in [-0.39, 0.29) is 11.9 Å². The number of rotatable bonds is 5. The Morgan fingerprint density at radius 1 is 1.22 bits per heavy atom. The van der Waals surface area contributed by atoms with Gasteiger partial charge in [-0.05, 0) is 38.8 Å². The first-order valence-corrected chi connectivity index (χ1v) is 8.97. The summed E-state index contributed by atoms with van der Waals surface area (Å²) >= 11 is 0. The lowest BCUT2D eigenvalue weighted by molar-refractivity contribution is 0.0599. The largest absolute Gasteiger partial charge is 0.465 e. The molecule has 1 amide bonds. The molecule has 0 saturated carbocycles. The van der Waals surface area contributed by atoms with Crippen LogP contribution in [-0.4, -0.2) is 24.0 Å². The number of aromatic nitrogens is 1. The summed E-state index contributed by atoms with van der Waals surface area (Å²) in [6.07, 6.45) is 0.594. The number of aryl methyl sites for hydroxylation is 2. The minimum absolute atomic E-state index is 0.287. The highest BCUT2D eigenvalue weighted by atomic mass is 16.5. The van der Waals surface area contributed by atoms with Crippen molar-refractivity contribution in [2.45, 2.75) is 40.2 Å². The number of nitrogens with one attached hydrogen (secondary N) is 2. The first kappa shape index (κ1) is 18.8. The molecule has 0 bridgehead atoms. The highest BCUT2D eigenvalue weighted by molar-refractivity contribution is 6.00. The van der Waals surface area contributed by atoms with Gasteiger partial charge in [0.2, 0.25) is 0 Å². The van der Waals surface area contributed by atoms with Crippen LogP contribution >= 0.6 is 0 Å². The van der Waals surface area contributed by atoms with Gasteiger partial charge in [0.25, 0.3) is 5.91 Å². The Kier molecular flexibility index (Phi) is 5.08. The summed E-state index contributed by atoms with van der Waals surface area (Å²) in [5, 5.41) is 3.99. The molecule has 0 fully saturated rings. The van der Waals surface area contributed by atoms with Crippen molar-refractivity contribution in [3.05, 3.63) is 58.1 Å². The van der Waals surface area contributed by atoms with Crippen molar-refractivity contribution in [2.24, 2.45) is 0 Å². The Morgan fingerprint density at radius 3 is 2.56 bits per heavy atom. The van der Waals surface area contributed by atoms with Crippen LogP contribution in [0.1, 0.15) is 63.3 Å². The molecular formula is C21H24N2O4. The zero-order valence-corrected chi connectivity index (χ0v) is 16.2. The standard InChI is InChI=1S/C21H24N2O4/c1-6-15-17(21(25)26-5)12(3)18(23-15)20(24)22-13(4)19-11(2)14-9-7-8-10-16(14)27-19/h7-10,13,23H,6H2,1-5H3,(H,22,24). The molecule has 0 aliphatic rings. The van der Waals surface area contributed by atoms with E-state index in [9.17, 15) is 9.59 Å². The summed E-state index contributed by atoms with van der Waals surface area (Å²) in [6, 6.07) is 7.46. The van der Waals surface area contributed by atoms with E-state index in [1.54, 1.807) is 6.92 Å². The first-order chi connectivity index (χ1) is 12.9. The van der Waals surface area contributed by atoms with E-state index in [1.807, 2.05) is 45.0 Å². The van der Waals surface area contributed by atoms with Crippen molar-refractivity contribution in [1.29, 1.82) is 0 Å². The molecule has 3 rings (SSSR count). The number of aromatic amines is 1. The maximum Gasteiger partial charge on any atom is 0.339 e. The molecule has 142 valence electrons. The molecule has 6 nitrogen and oxygen atoms in total. The summed E-state index contributed by atoms with van der Waals surface area (Å²) < 4.78 is 10.8. The van der Waals surface area contributed by atoms with Crippen LogP contribution in [0.25, 0.3) is 11.0 Å². The van der Waals surface area contributed by atoms with E-state index < -0.39 is 5.97 Å². The number of carbonyl (C=O) groups is 2. The molecule has 2 N–H and O–H groups in total. The summed E-state index contributed by atoms with van der Waals surface area (Å²) in [4.78, 5) is 28.0. The Hall–Kier alpha value is -3.02. The number of methoxy groups -OCH3 is 1. The van der Waals surface area contributed by atoms with Crippen LogP contribution in [0.2, 0.25) is 0 Å². The fourth-order valence-corrected chi connectivity index (χ4v) is 3.47. The van der Waals surface area contributed by atoms with Crippen molar-refractivity contribution in [1.82, 2.24) is 10.3 Å².